The molecule has 0 unspecified atom stereocenters. The van der Waals surface area contributed by atoms with Crippen LogP contribution >= 0.6 is 24.0 Å². The minimum Gasteiger partial charge on any atom is -0.355 e. The molecule has 0 bridgehead atoms. The predicted octanol–water partition coefficient (Wildman–Crippen LogP) is 4.38. The molecule has 0 radical (unpaired) electrons. The SMILES string of the molecule is CN=C(NCCn1cccc1)NCc1ccccc1-c1ccc(Cn2ccnc2)cc1.I. The smallest absolute Gasteiger partial charge is 0.191 e. The molecular weight excluding hydrogens is 511 g/mol. The molecule has 0 fully saturated rings. The number of nitrogens with zero attached hydrogens (tertiary/aromatic N) is 4. The van der Waals surface area contributed by atoms with Crippen LogP contribution in [0.5, 0.6) is 0 Å². The first-order valence-electron chi connectivity index (χ1n) is 10.5. The molecule has 0 aliphatic rings. The lowest BCUT2D eigenvalue weighted by molar-refractivity contribution is 0.665. The molecule has 0 aliphatic carbocycles. The average Bonchev–Trinajstić information content (AvgIpc) is 3.51. The van der Waals surface area contributed by atoms with E-state index in [0.29, 0.717) is 6.54 Å². The quantitative estimate of drug-likeness (QED) is 0.198. The van der Waals surface area contributed by atoms with Crippen LogP contribution in [0.25, 0.3) is 11.1 Å². The summed E-state index contributed by atoms with van der Waals surface area (Å²) in [5.74, 6) is 0.803. The zero-order chi connectivity index (χ0) is 21.3. The standard InChI is InChI=1S/C25H28N6.HI/c1-26-25(28-13-17-30-14-4-5-15-30)29-18-23-6-2-3-7-24(23)22-10-8-21(9-11-22)19-31-16-12-27-20-31;/h2-12,14-16,20H,13,17-19H2,1H3,(H2,26,28,29);1H. The van der Waals surface area contributed by atoms with Crippen molar-refractivity contribution in [2.24, 2.45) is 4.99 Å². The number of aliphatic imine (C=N–C) groups is 1. The number of guanidine groups is 1. The Balaban J connectivity index is 0.00000289. The summed E-state index contributed by atoms with van der Waals surface area (Å²) >= 11 is 0. The molecule has 0 amide bonds. The average molecular weight is 540 g/mol. The van der Waals surface area contributed by atoms with Crippen LogP contribution in [0.3, 0.4) is 0 Å². The van der Waals surface area contributed by atoms with Crippen LogP contribution in [0.1, 0.15) is 11.1 Å². The highest BCUT2D eigenvalue weighted by Gasteiger charge is 2.06. The summed E-state index contributed by atoms with van der Waals surface area (Å²) in [6, 6.07) is 21.3. The number of rotatable bonds is 8. The minimum absolute atomic E-state index is 0. The second-order valence-electron chi connectivity index (χ2n) is 7.36. The van der Waals surface area contributed by atoms with Gasteiger partial charge in [-0.15, -0.1) is 24.0 Å². The fourth-order valence-corrected chi connectivity index (χ4v) is 3.56. The number of hydrogen-bond acceptors (Lipinski definition) is 2. The summed E-state index contributed by atoms with van der Waals surface area (Å²) in [6.45, 7) is 3.24. The molecule has 0 aliphatic heterocycles. The zero-order valence-corrected chi connectivity index (χ0v) is 20.5. The molecule has 0 spiro atoms. The Morgan fingerprint density at radius 2 is 1.69 bits per heavy atom. The van der Waals surface area contributed by atoms with Gasteiger partial charge in [0.15, 0.2) is 5.96 Å². The van der Waals surface area contributed by atoms with Crippen molar-refractivity contribution in [3.8, 4) is 11.1 Å². The Hall–Kier alpha value is -3.07. The Morgan fingerprint density at radius 1 is 0.906 bits per heavy atom. The molecule has 2 aromatic heterocycles. The van der Waals surface area contributed by atoms with Gasteiger partial charge in [-0.25, -0.2) is 4.98 Å². The minimum atomic E-state index is 0. The third-order valence-electron chi connectivity index (χ3n) is 5.21. The van der Waals surface area contributed by atoms with Gasteiger partial charge in [0.25, 0.3) is 0 Å². The fraction of sp³-hybridized carbons (Fsp3) is 0.200. The molecule has 0 atom stereocenters. The third-order valence-corrected chi connectivity index (χ3v) is 5.21. The zero-order valence-electron chi connectivity index (χ0n) is 18.2. The first-order chi connectivity index (χ1) is 15.3. The monoisotopic (exact) mass is 540 g/mol. The summed E-state index contributed by atoms with van der Waals surface area (Å²) < 4.78 is 4.22. The van der Waals surface area contributed by atoms with Gasteiger partial charge >= 0.3 is 0 Å². The Morgan fingerprint density at radius 3 is 2.41 bits per heavy atom. The largest absolute Gasteiger partial charge is 0.355 e. The van der Waals surface area contributed by atoms with Crippen molar-refractivity contribution >= 4 is 29.9 Å². The first kappa shape index (κ1) is 23.6. The summed E-state index contributed by atoms with van der Waals surface area (Å²) in [6.07, 6.45) is 9.76. The van der Waals surface area contributed by atoms with E-state index in [-0.39, 0.29) is 24.0 Å². The number of benzene rings is 2. The van der Waals surface area contributed by atoms with Gasteiger partial charge in [-0.1, -0.05) is 48.5 Å². The molecule has 7 heteroatoms. The molecule has 4 aromatic rings. The molecule has 6 nitrogen and oxygen atoms in total. The van der Waals surface area contributed by atoms with Gasteiger partial charge in [0, 0.05) is 58.0 Å². The van der Waals surface area contributed by atoms with Gasteiger partial charge in [-0.3, -0.25) is 4.99 Å². The maximum absolute atomic E-state index is 4.35. The van der Waals surface area contributed by atoms with Crippen LogP contribution in [0.4, 0.5) is 0 Å². The van der Waals surface area contributed by atoms with Crippen LogP contribution < -0.4 is 10.6 Å². The molecule has 0 saturated heterocycles. The van der Waals surface area contributed by atoms with Crippen LogP contribution in [0.15, 0.2) is 96.8 Å². The summed E-state index contributed by atoms with van der Waals surface area (Å²) in [5.41, 5.74) is 4.93. The van der Waals surface area contributed by atoms with E-state index in [4.69, 9.17) is 0 Å². The van der Waals surface area contributed by atoms with Crippen molar-refractivity contribution in [2.75, 3.05) is 13.6 Å². The van der Waals surface area contributed by atoms with Crippen LogP contribution in [-0.4, -0.2) is 33.7 Å². The summed E-state index contributed by atoms with van der Waals surface area (Å²) in [5, 5.41) is 6.81. The van der Waals surface area contributed by atoms with Gasteiger partial charge in [-0.05, 0) is 34.4 Å². The van der Waals surface area contributed by atoms with Crippen molar-refractivity contribution in [3.63, 3.8) is 0 Å². The van der Waals surface area contributed by atoms with Crippen molar-refractivity contribution < 1.29 is 0 Å². The molecular formula is C25H29IN6. The van der Waals surface area contributed by atoms with Crippen molar-refractivity contribution in [2.45, 2.75) is 19.6 Å². The molecule has 32 heavy (non-hydrogen) atoms. The van der Waals surface area contributed by atoms with E-state index >= 15 is 0 Å². The Kier molecular flexibility index (Phi) is 8.91. The van der Waals surface area contributed by atoms with Crippen molar-refractivity contribution in [1.29, 1.82) is 0 Å². The highest BCUT2D eigenvalue weighted by Crippen LogP contribution is 2.24. The molecule has 166 valence electrons. The lowest BCUT2D eigenvalue weighted by atomic mass is 9.98. The second kappa shape index (κ2) is 12.1. The first-order valence-corrected chi connectivity index (χ1v) is 10.5. The number of nitrogens with one attached hydrogen (secondary N) is 2. The van der Waals surface area contributed by atoms with Crippen LogP contribution in [0.2, 0.25) is 0 Å². The Labute approximate surface area is 206 Å². The maximum Gasteiger partial charge on any atom is 0.191 e. The van der Waals surface area contributed by atoms with E-state index in [1.165, 1.54) is 22.3 Å². The van der Waals surface area contributed by atoms with Gasteiger partial charge in [0.1, 0.15) is 0 Å². The molecule has 2 heterocycles. The topological polar surface area (TPSA) is 59.2 Å². The molecule has 2 N–H and O–H groups in total. The van der Waals surface area contributed by atoms with E-state index in [9.17, 15) is 0 Å². The van der Waals surface area contributed by atoms with Gasteiger partial charge in [-0.2, -0.15) is 0 Å². The molecule has 4 rings (SSSR count). The highest BCUT2D eigenvalue weighted by atomic mass is 127. The lowest BCUT2D eigenvalue weighted by Crippen LogP contribution is -2.38. The number of hydrogen-bond donors (Lipinski definition) is 2. The number of imidazole rings is 1. The fourth-order valence-electron chi connectivity index (χ4n) is 3.56. The van der Waals surface area contributed by atoms with Gasteiger partial charge < -0.3 is 19.8 Å². The molecule has 0 saturated carbocycles. The third kappa shape index (κ3) is 6.46. The lowest BCUT2D eigenvalue weighted by Gasteiger charge is -2.15. The molecule has 2 aromatic carbocycles. The highest BCUT2D eigenvalue weighted by molar-refractivity contribution is 14.0. The van der Waals surface area contributed by atoms with E-state index in [2.05, 4.69) is 90.7 Å². The van der Waals surface area contributed by atoms with E-state index < -0.39 is 0 Å². The summed E-state index contributed by atoms with van der Waals surface area (Å²) in [7, 11) is 1.80. The van der Waals surface area contributed by atoms with Crippen molar-refractivity contribution in [1.82, 2.24) is 24.8 Å². The van der Waals surface area contributed by atoms with Crippen LogP contribution in [0, 0.1) is 0 Å². The maximum atomic E-state index is 4.35. The van der Waals surface area contributed by atoms with E-state index in [1.807, 2.05) is 24.7 Å². The summed E-state index contributed by atoms with van der Waals surface area (Å²) in [4.78, 5) is 8.46. The second-order valence-corrected chi connectivity index (χ2v) is 7.36. The van der Waals surface area contributed by atoms with E-state index in [1.54, 1.807) is 13.2 Å². The number of aromatic nitrogens is 3. The van der Waals surface area contributed by atoms with Crippen molar-refractivity contribution in [3.05, 3.63) is 103 Å². The predicted molar refractivity (Wildman–Crippen MR) is 141 cm³/mol. The normalized spacial score (nSPS) is 11.1. The Bertz CT molecular complexity index is 1090. The van der Waals surface area contributed by atoms with Gasteiger partial charge in [0.2, 0.25) is 0 Å². The van der Waals surface area contributed by atoms with Crippen LogP contribution in [-0.2, 0) is 19.6 Å². The van der Waals surface area contributed by atoms with Gasteiger partial charge in [0.05, 0.1) is 6.33 Å². The van der Waals surface area contributed by atoms with E-state index in [0.717, 1.165) is 25.6 Å². The number of halogens is 1.